The Kier molecular flexibility index (Phi) is 4.11. The summed E-state index contributed by atoms with van der Waals surface area (Å²) < 4.78 is 13.0. The Morgan fingerprint density at radius 1 is 1.00 bits per heavy atom. The highest BCUT2D eigenvalue weighted by molar-refractivity contribution is 6.30. The van der Waals surface area contributed by atoms with Crippen LogP contribution in [0, 0.1) is 5.82 Å². The van der Waals surface area contributed by atoms with E-state index in [-0.39, 0.29) is 18.0 Å². The molecule has 0 heterocycles. The van der Waals surface area contributed by atoms with Crippen LogP contribution < -0.4 is 0 Å². The summed E-state index contributed by atoms with van der Waals surface area (Å²) in [6.07, 6.45) is 0.591. The average molecular weight is 263 g/mol. The summed E-state index contributed by atoms with van der Waals surface area (Å²) in [5.74, 6) is -0.255. The van der Waals surface area contributed by atoms with Crippen LogP contribution in [0.15, 0.2) is 48.5 Å². The predicted octanol–water partition coefficient (Wildman–Crippen LogP) is 3.83. The van der Waals surface area contributed by atoms with Gasteiger partial charge >= 0.3 is 0 Å². The maximum atomic E-state index is 13.0. The summed E-state index contributed by atoms with van der Waals surface area (Å²) in [6.45, 7) is 0. The number of carbonyl (C=O) groups is 1. The molecule has 0 amide bonds. The zero-order chi connectivity index (χ0) is 13.0. The molecule has 0 saturated heterocycles. The van der Waals surface area contributed by atoms with E-state index in [0.717, 1.165) is 5.56 Å². The van der Waals surface area contributed by atoms with Crippen molar-refractivity contribution >= 4 is 17.4 Å². The molecule has 0 atom stereocenters. The van der Waals surface area contributed by atoms with Gasteiger partial charge in [-0.2, -0.15) is 0 Å². The molecule has 0 aliphatic heterocycles. The topological polar surface area (TPSA) is 17.1 Å². The second kappa shape index (κ2) is 5.78. The molecule has 0 unspecified atom stereocenters. The fraction of sp³-hybridized carbons (Fsp3) is 0.133. The van der Waals surface area contributed by atoms with E-state index in [0.29, 0.717) is 17.0 Å². The lowest BCUT2D eigenvalue weighted by molar-refractivity contribution is -0.117. The summed E-state index contributed by atoms with van der Waals surface area (Å²) in [7, 11) is 0. The molecule has 0 aliphatic rings. The Balaban J connectivity index is 1.98. The molecule has 2 aromatic rings. The lowest BCUT2D eigenvalue weighted by Crippen LogP contribution is -2.06. The maximum absolute atomic E-state index is 13.0. The van der Waals surface area contributed by atoms with E-state index in [4.69, 9.17) is 11.6 Å². The third-order valence-corrected chi connectivity index (χ3v) is 2.86. The smallest absolute Gasteiger partial charge is 0.141 e. The van der Waals surface area contributed by atoms with E-state index in [2.05, 4.69) is 0 Å². The Morgan fingerprint density at radius 2 is 1.67 bits per heavy atom. The van der Waals surface area contributed by atoms with E-state index in [1.165, 1.54) is 12.1 Å². The van der Waals surface area contributed by atoms with E-state index in [1.807, 2.05) is 12.1 Å². The van der Waals surface area contributed by atoms with Gasteiger partial charge in [-0.25, -0.2) is 4.39 Å². The summed E-state index contributed by atoms with van der Waals surface area (Å²) in [5.41, 5.74) is 1.62. The minimum atomic E-state index is -0.313. The SMILES string of the molecule is O=C(Cc1ccc(Cl)cc1)Cc1cccc(F)c1. The first kappa shape index (κ1) is 12.8. The second-order valence-corrected chi connectivity index (χ2v) is 4.59. The van der Waals surface area contributed by atoms with Crippen LogP contribution in [0.3, 0.4) is 0 Å². The number of ketones is 1. The Bertz CT molecular complexity index is 549. The molecule has 2 aromatic carbocycles. The molecule has 92 valence electrons. The van der Waals surface area contributed by atoms with Gasteiger partial charge in [-0.1, -0.05) is 35.9 Å². The fourth-order valence-electron chi connectivity index (χ4n) is 1.77. The first-order valence-corrected chi connectivity index (χ1v) is 6.02. The van der Waals surface area contributed by atoms with Gasteiger partial charge in [0.15, 0.2) is 0 Å². The first-order chi connectivity index (χ1) is 8.63. The Morgan fingerprint density at radius 3 is 2.33 bits per heavy atom. The van der Waals surface area contributed by atoms with Gasteiger partial charge in [-0.05, 0) is 35.4 Å². The van der Waals surface area contributed by atoms with E-state index < -0.39 is 0 Å². The number of Topliss-reactive ketones (excluding diaryl/α,β-unsaturated/α-hetero) is 1. The molecule has 1 nitrogen and oxygen atoms in total. The quantitative estimate of drug-likeness (QED) is 0.818. The molecule has 3 heteroatoms. The van der Waals surface area contributed by atoms with Crippen molar-refractivity contribution in [2.45, 2.75) is 12.8 Å². The van der Waals surface area contributed by atoms with Crippen molar-refractivity contribution in [3.8, 4) is 0 Å². The number of hydrogen-bond acceptors (Lipinski definition) is 1. The molecule has 0 aromatic heterocycles. The largest absolute Gasteiger partial charge is 0.299 e. The van der Waals surface area contributed by atoms with Crippen LogP contribution >= 0.6 is 11.6 Å². The normalized spacial score (nSPS) is 10.3. The number of carbonyl (C=O) groups excluding carboxylic acids is 1. The molecule has 0 N–H and O–H groups in total. The van der Waals surface area contributed by atoms with Crippen molar-refractivity contribution in [1.82, 2.24) is 0 Å². The summed E-state index contributed by atoms with van der Waals surface area (Å²) in [4.78, 5) is 11.8. The van der Waals surface area contributed by atoms with Crippen molar-refractivity contribution in [1.29, 1.82) is 0 Å². The lowest BCUT2D eigenvalue weighted by Gasteiger charge is -2.02. The molecule has 0 fully saturated rings. The van der Waals surface area contributed by atoms with Crippen molar-refractivity contribution in [2.75, 3.05) is 0 Å². The van der Waals surface area contributed by atoms with E-state index in [9.17, 15) is 9.18 Å². The highest BCUT2D eigenvalue weighted by Crippen LogP contribution is 2.11. The summed E-state index contributed by atoms with van der Waals surface area (Å²) >= 11 is 5.77. The number of hydrogen-bond donors (Lipinski definition) is 0. The van der Waals surface area contributed by atoms with Gasteiger partial charge in [0.25, 0.3) is 0 Å². The zero-order valence-corrected chi connectivity index (χ0v) is 10.5. The third kappa shape index (κ3) is 3.67. The van der Waals surface area contributed by atoms with Crippen molar-refractivity contribution in [2.24, 2.45) is 0 Å². The Labute approximate surface area is 110 Å². The average Bonchev–Trinajstić information content (AvgIpc) is 2.32. The molecule has 0 spiro atoms. The van der Waals surface area contributed by atoms with E-state index >= 15 is 0 Å². The lowest BCUT2D eigenvalue weighted by atomic mass is 10.0. The van der Waals surface area contributed by atoms with Gasteiger partial charge in [0.05, 0.1) is 0 Å². The van der Waals surface area contributed by atoms with Crippen molar-refractivity contribution in [3.05, 3.63) is 70.5 Å². The molecule has 0 radical (unpaired) electrons. The fourth-order valence-corrected chi connectivity index (χ4v) is 1.89. The van der Waals surface area contributed by atoms with Crippen LogP contribution in [-0.2, 0) is 17.6 Å². The predicted molar refractivity (Wildman–Crippen MR) is 70.3 cm³/mol. The molecular weight excluding hydrogens is 251 g/mol. The highest BCUT2D eigenvalue weighted by atomic mass is 35.5. The highest BCUT2D eigenvalue weighted by Gasteiger charge is 2.06. The zero-order valence-electron chi connectivity index (χ0n) is 9.70. The number of rotatable bonds is 4. The van der Waals surface area contributed by atoms with Gasteiger partial charge in [0, 0.05) is 17.9 Å². The van der Waals surface area contributed by atoms with Gasteiger partial charge in [-0.3, -0.25) is 4.79 Å². The molecular formula is C15H12ClFO. The molecule has 18 heavy (non-hydrogen) atoms. The number of halogens is 2. The standard InChI is InChI=1S/C15H12ClFO/c16-13-6-4-11(5-7-13)9-15(18)10-12-2-1-3-14(17)8-12/h1-8H,9-10H2. The van der Waals surface area contributed by atoms with Crippen LogP contribution in [0.25, 0.3) is 0 Å². The molecule has 0 aliphatic carbocycles. The first-order valence-electron chi connectivity index (χ1n) is 5.64. The van der Waals surface area contributed by atoms with Crippen LogP contribution in [0.1, 0.15) is 11.1 Å². The monoisotopic (exact) mass is 262 g/mol. The minimum absolute atomic E-state index is 0.0583. The van der Waals surface area contributed by atoms with Gasteiger partial charge in [-0.15, -0.1) is 0 Å². The van der Waals surface area contributed by atoms with Crippen molar-refractivity contribution < 1.29 is 9.18 Å². The van der Waals surface area contributed by atoms with Gasteiger partial charge < -0.3 is 0 Å². The van der Waals surface area contributed by atoms with Crippen LogP contribution in [0.4, 0.5) is 4.39 Å². The Hall–Kier alpha value is -1.67. The van der Waals surface area contributed by atoms with Crippen LogP contribution in [0.2, 0.25) is 5.02 Å². The summed E-state index contributed by atoms with van der Waals surface area (Å²) in [5, 5.41) is 0.649. The number of benzene rings is 2. The molecule has 0 saturated carbocycles. The second-order valence-electron chi connectivity index (χ2n) is 4.15. The van der Waals surface area contributed by atoms with Gasteiger partial charge in [0.1, 0.15) is 11.6 Å². The third-order valence-electron chi connectivity index (χ3n) is 2.60. The van der Waals surface area contributed by atoms with Crippen LogP contribution in [0.5, 0.6) is 0 Å². The van der Waals surface area contributed by atoms with Crippen LogP contribution in [-0.4, -0.2) is 5.78 Å². The van der Waals surface area contributed by atoms with Crippen molar-refractivity contribution in [3.63, 3.8) is 0 Å². The molecule has 0 bridgehead atoms. The van der Waals surface area contributed by atoms with Gasteiger partial charge in [0.2, 0.25) is 0 Å². The maximum Gasteiger partial charge on any atom is 0.141 e. The molecule has 2 rings (SSSR count). The van der Waals surface area contributed by atoms with E-state index in [1.54, 1.807) is 24.3 Å². The minimum Gasteiger partial charge on any atom is -0.299 e. The summed E-state index contributed by atoms with van der Waals surface area (Å²) in [6, 6.07) is 13.3.